The second kappa shape index (κ2) is 15.1. The maximum absolute atomic E-state index is 13.6. The molecule has 1 amide bonds. The third-order valence-corrected chi connectivity index (χ3v) is 9.75. The first kappa shape index (κ1) is 34.9. The maximum Gasteiger partial charge on any atom is 0.339 e. The van der Waals surface area contributed by atoms with Crippen LogP contribution in [0.1, 0.15) is 25.0 Å². The van der Waals surface area contributed by atoms with E-state index >= 15 is 0 Å². The monoisotopic (exact) mass is 679 g/mol. The van der Waals surface area contributed by atoms with Gasteiger partial charge >= 0.3 is 10.1 Å². The lowest BCUT2D eigenvalue weighted by atomic mass is 10.2. The van der Waals surface area contributed by atoms with Gasteiger partial charge in [-0.05, 0) is 99.1 Å². The molecule has 0 bridgehead atoms. The fourth-order valence-corrected chi connectivity index (χ4v) is 6.84. The number of hydrogen-bond donors (Lipinski definition) is 2. The van der Waals surface area contributed by atoms with E-state index in [2.05, 4.69) is 10.0 Å². The lowest BCUT2D eigenvalue weighted by Crippen LogP contribution is -2.25. The number of anilines is 3. The quantitative estimate of drug-likeness (QED) is 0.120. The Morgan fingerprint density at radius 1 is 0.787 bits per heavy atom. The lowest BCUT2D eigenvalue weighted by Gasteiger charge is -2.24. The van der Waals surface area contributed by atoms with Gasteiger partial charge in [0.1, 0.15) is 15.5 Å². The molecule has 0 unspecified atom stereocenters. The summed E-state index contributed by atoms with van der Waals surface area (Å²) in [5.41, 5.74) is 2.55. The molecule has 0 radical (unpaired) electrons. The standard InChI is InChI=1S/C34H37N3O8S2/c1-6-37(7-2)30-19-14-27(23-33(30)46(39,40)36-26-12-15-28(43-4)16-13-26)35-34(38)21-11-25-10-20-31(32(22-25)44-5)45-47(41,42)29-17-8-24(3)9-18-29/h8-23,36H,6-7H2,1-5H3,(H,35,38)/b21-11+. The van der Waals surface area contributed by atoms with Crippen molar-refractivity contribution in [3.05, 3.63) is 102 Å². The molecule has 0 heterocycles. The van der Waals surface area contributed by atoms with Crippen molar-refractivity contribution in [3.63, 3.8) is 0 Å². The Labute approximate surface area is 276 Å². The number of benzene rings is 4. The van der Waals surface area contributed by atoms with Crippen molar-refractivity contribution >= 4 is 49.2 Å². The summed E-state index contributed by atoms with van der Waals surface area (Å²) in [5, 5.41) is 2.71. The number of carbonyl (C=O) groups is 1. The molecule has 4 aromatic rings. The lowest BCUT2D eigenvalue weighted by molar-refractivity contribution is -0.111. The Morgan fingerprint density at radius 3 is 2.06 bits per heavy atom. The number of methoxy groups -OCH3 is 2. The summed E-state index contributed by atoms with van der Waals surface area (Å²) < 4.78 is 71.1. The fraction of sp³-hybridized carbons (Fsp3) is 0.206. The zero-order chi connectivity index (χ0) is 34.2. The third-order valence-electron chi connectivity index (χ3n) is 7.09. The van der Waals surface area contributed by atoms with E-state index in [1.165, 1.54) is 56.7 Å². The summed E-state index contributed by atoms with van der Waals surface area (Å²) in [7, 11) is -5.26. The first-order chi connectivity index (χ1) is 22.4. The Hall–Kier alpha value is -5.01. The molecule has 0 atom stereocenters. The van der Waals surface area contributed by atoms with Crippen molar-refractivity contribution in [1.29, 1.82) is 0 Å². The van der Waals surface area contributed by atoms with E-state index in [1.54, 1.807) is 54.6 Å². The predicted octanol–water partition coefficient (Wildman–Crippen LogP) is 6.08. The van der Waals surface area contributed by atoms with Crippen LogP contribution >= 0.6 is 0 Å². The topological polar surface area (TPSA) is 140 Å². The van der Waals surface area contributed by atoms with Gasteiger partial charge in [0, 0.05) is 30.5 Å². The number of amides is 1. The third kappa shape index (κ3) is 8.83. The Morgan fingerprint density at radius 2 is 1.45 bits per heavy atom. The highest BCUT2D eigenvalue weighted by molar-refractivity contribution is 7.93. The summed E-state index contributed by atoms with van der Waals surface area (Å²) in [4.78, 5) is 14.8. The smallest absolute Gasteiger partial charge is 0.339 e. The molecular weight excluding hydrogens is 643 g/mol. The zero-order valence-corrected chi connectivity index (χ0v) is 28.3. The number of nitrogens with zero attached hydrogens (tertiary/aromatic N) is 1. The Kier molecular flexibility index (Phi) is 11.2. The van der Waals surface area contributed by atoms with E-state index in [1.807, 2.05) is 25.7 Å². The predicted molar refractivity (Wildman–Crippen MR) is 183 cm³/mol. The Balaban J connectivity index is 1.53. The van der Waals surface area contributed by atoms with Crippen LogP contribution in [0.3, 0.4) is 0 Å². The van der Waals surface area contributed by atoms with E-state index in [0.29, 0.717) is 35.8 Å². The van der Waals surface area contributed by atoms with Crippen LogP contribution in [0.2, 0.25) is 0 Å². The molecule has 0 aromatic heterocycles. The summed E-state index contributed by atoms with van der Waals surface area (Å²) >= 11 is 0. The maximum atomic E-state index is 13.6. The van der Waals surface area contributed by atoms with Crippen LogP contribution in [-0.2, 0) is 24.9 Å². The van der Waals surface area contributed by atoms with E-state index < -0.39 is 26.0 Å². The van der Waals surface area contributed by atoms with Gasteiger partial charge in [0.05, 0.1) is 19.9 Å². The van der Waals surface area contributed by atoms with Gasteiger partial charge in [-0.3, -0.25) is 9.52 Å². The van der Waals surface area contributed by atoms with Gasteiger partial charge in [0.2, 0.25) is 5.91 Å². The van der Waals surface area contributed by atoms with Crippen LogP contribution in [0.4, 0.5) is 17.1 Å². The Bertz CT molecular complexity index is 1960. The van der Waals surface area contributed by atoms with E-state index in [-0.39, 0.29) is 27.0 Å². The van der Waals surface area contributed by atoms with Crippen LogP contribution in [0.5, 0.6) is 17.2 Å². The van der Waals surface area contributed by atoms with Gasteiger partial charge < -0.3 is 23.9 Å². The molecule has 0 spiro atoms. The van der Waals surface area contributed by atoms with Gasteiger partial charge in [0.25, 0.3) is 10.0 Å². The fourth-order valence-electron chi connectivity index (χ4n) is 4.59. The normalized spacial score (nSPS) is 11.6. The second-order valence-electron chi connectivity index (χ2n) is 10.3. The highest BCUT2D eigenvalue weighted by Gasteiger charge is 2.23. The van der Waals surface area contributed by atoms with Crippen LogP contribution in [-0.4, -0.2) is 50.1 Å². The minimum Gasteiger partial charge on any atom is -0.497 e. The summed E-state index contributed by atoms with van der Waals surface area (Å²) in [5.74, 6) is 0.200. The molecule has 11 nitrogen and oxygen atoms in total. The number of sulfonamides is 1. The first-order valence-corrected chi connectivity index (χ1v) is 17.5. The minimum absolute atomic E-state index is 0.000266. The van der Waals surface area contributed by atoms with E-state index in [4.69, 9.17) is 13.7 Å². The number of ether oxygens (including phenoxy) is 2. The van der Waals surface area contributed by atoms with Crippen molar-refractivity contribution in [2.45, 2.75) is 30.6 Å². The zero-order valence-electron chi connectivity index (χ0n) is 26.7. The number of nitrogens with one attached hydrogen (secondary N) is 2. The van der Waals surface area contributed by atoms with Gasteiger partial charge in [0.15, 0.2) is 11.5 Å². The number of carbonyl (C=O) groups excluding carboxylic acids is 1. The number of aryl methyl sites for hydroxylation is 1. The van der Waals surface area contributed by atoms with Crippen molar-refractivity contribution in [3.8, 4) is 17.2 Å². The van der Waals surface area contributed by atoms with Crippen LogP contribution < -0.4 is 28.6 Å². The molecule has 0 aliphatic carbocycles. The summed E-state index contributed by atoms with van der Waals surface area (Å²) in [6.45, 7) is 6.84. The molecular formula is C34H37N3O8S2. The van der Waals surface area contributed by atoms with Gasteiger partial charge in [-0.15, -0.1) is 0 Å². The average molecular weight is 680 g/mol. The molecule has 248 valence electrons. The van der Waals surface area contributed by atoms with Crippen molar-refractivity contribution in [2.75, 3.05) is 42.2 Å². The van der Waals surface area contributed by atoms with Crippen LogP contribution in [0, 0.1) is 6.92 Å². The first-order valence-electron chi connectivity index (χ1n) is 14.6. The van der Waals surface area contributed by atoms with Crippen molar-refractivity contribution < 1.29 is 35.3 Å². The molecule has 0 saturated carbocycles. The highest BCUT2D eigenvalue weighted by Crippen LogP contribution is 2.32. The van der Waals surface area contributed by atoms with Crippen LogP contribution in [0.25, 0.3) is 6.08 Å². The summed E-state index contributed by atoms with van der Waals surface area (Å²) in [6.07, 6.45) is 2.77. The molecule has 0 saturated heterocycles. The van der Waals surface area contributed by atoms with Gasteiger partial charge in [-0.2, -0.15) is 8.42 Å². The van der Waals surface area contributed by atoms with Crippen LogP contribution in [0.15, 0.2) is 101 Å². The van der Waals surface area contributed by atoms with E-state index in [9.17, 15) is 21.6 Å². The molecule has 4 rings (SSSR count). The largest absolute Gasteiger partial charge is 0.497 e. The van der Waals surface area contributed by atoms with Gasteiger partial charge in [-0.25, -0.2) is 8.42 Å². The molecule has 4 aromatic carbocycles. The van der Waals surface area contributed by atoms with Crippen molar-refractivity contribution in [1.82, 2.24) is 0 Å². The van der Waals surface area contributed by atoms with Gasteiger partial charge in [-0.1, -0.05) is 23.8 Å². The SMILES string of the molecule is CCN(CC)c1ccc(NC(=O)/C=C/c2ccc(OS(=O)(=O)c3ccc(C)cc3)c(OC)c2)cc1S(=O)(=O)Nc1ccc(OC)cc1. The second-order valence-corrected chi connectivity index (χ2v) is 13.5. The number of hydrogen-bond acceptors (Lipinski definition) is 9. The molecule has 0 fully saturated rings. The molecule has 47 heavy (non-hydrogen) atoms. The molecule has 2 N–H and O–H groups in total. The van der Waals surface area contributed by atoms with E-state index in [0.717, 1.165) is 5.56 Å². The highest BCUT2D eigenvalue weighted by atomic mass is 32.2. The average Bonchev–Trinajstić information content (AvgIpc) is 3.05. The molecule has 0 aliphatic heterocycles. The van der Waals surface area contributed by atoms with Crippen molar-refractivity contribution in [2.24, 2.45) is 0 Å². The molecule has 13 heteroatoms. The number of rotatable bonds is 14. The summed E-state index contributed by atoms with van der Waals surface area (Å²) in [6, 6.07) is 22.0. The molecule has 0 aliphatic rings. The minimum atomic E-state index is -4.10.